The fourth-order valence-corrected chi connectivity index (χ4v) is 48.7. The molecule has 5 nitrogen and oxygen atoms in total. The Bertz CT molecular complexity index is 5770. The molecular formula is C120H174BBr2N4OPS12Sn2. The zero-order valence-electron chi connectivity index (χ0n) is 92.4. The Hall–Kier alpha value is -1.39. The van der Waals surface area contributed by atoms with Crippen LogP contribution in [0.5, 0.6) is 0 Å². The number of benzene rings is 2. The van der Waals surface area contributed by atoms with E-state index < -0.39 is 45.4 Å². The Balaban J connectivity index is 0.000000216. The molecule has 0 aliphatic rings. The van der Waals surface area contributed by atoms with Crippen LogP contribution in [0.3, 0.4) is 0 Å². The van der Waals surface area contributed by atoms with Gasteiger partial charge in [-0.25, -0.2) is 19.9 Å². The van der Waals surface area contributed by atoms with E-state index >= 15 is 0 Å². The number of halogens is 2. The van der Waals surface area contributed by atoms with Crippen LogP contribution in [-0.4, -0.2) is 71.9 Å². The molecule has 1 N–H and O–H groups in total. The molecule has 0 saturated carbocycles. The SMILES string of the molecule is CCCCCCCCc1cc(-c2cc(CCCCCCCC)[c]([Sn]([CH3])([CH3])[CH3])s2)s[c]1[Sn]([CH3])([CH3])[CH3].CCCCCCCCc1cc(-c2cc(CCCCCCCC)c(-c3cc(CCCCCCCC)c(-c4nc5cc6sc(-c7sc(C)cc7CCCCCCCC)nc6cc5s4)s3)s2)sc1C.CCCCCCCCc1cc(Br)sc1-c1nc2cc3sc(-c4sc(Br)cc4CCCCCCCC)nc3cc2s1.[3H]OP([3H])[B]. The molecule has 0 fully saturated rings. The topological polar surface area (TPSA) is 71.8 Å². The van der Waals surface area contributed by atoms with Crippen molar-refractivity contribution in [1.82, 2.24) is 19.9 Å². The largest absolute Gasteiger partial charge is 0.388 e. The number of aryl methyl sites for hydroxylation is 10. The Morgan fingerprint density at radius 1 is 0.266 bits per heavy atom. The number of thiophene rings is 8. The van der Waals surface area contributed by atoms with Crippen molar-refractivity contribution in [2.24, 2.45) is 0 Å². The maximum Gasteiger partial charge on any atom is 0.214 e. The minimum absolute atomic E-state index is 1.09. The van der Waals surface area contributed by atoms with Gasteiger partial charge in [-0.1, -0.05) is 234 Å². The summed E-state index contributed by atoms with van der Waals surface area (Å²) < 4.78 is 23.2. The first-order chi connectivity index (χ1) is 70.3. The number of hydrogen-bond acceptors (Lipinski definition) is 17. The first kappa shape index (κ1) is 119. The second-order valence-corrected chi connectivity index (χ2v) is 89.0. The van der Waals surface area contributed by atoms with Gasteiger partial charge in [-0.3, -0.25) is 0 Å². The summed E-state index contributed by atoms with van der Waals surface area (Å²) in [4.78, 5) is 57.7. The second-order valence-electron chi connectivity index (χ2n) is 42.5. The van der Waals surface area contributed by atoms with Crippen LogP contribution in [-0.2, 0) is 51.4 Å². The number of aromatic nitrogens is 4. The molecule has 1 unspecified atom stereocenters. The summed E-state index contributed by atoms with van der Waals surface area (Å²) in [5, 5.41) is 4.67. The number of fused-ring (bicyclic) bond motifs is 4. The number of nitrogens with zero attached hydrogens (tertiary/aromatic N) is 4. The monoisotopic (exact) mass is 2510 g/mol. The van der Waals surface area contributed by atoms with E-state index in [4.69, 9.17) is 22.6 Å². The predicted octanol–water partition coefficient (Wildman–Crippen LogP) is 45.8. The Labute approximate surface area is 945 Å². The van der Waals surface area contributed by atoms with Gasteiger partial charge in [0.1, 0.15) is 27.6 Å². The molecule has 14 rings (SSSR count). The van der Waals surface area contributed by atoms with E-state index in [2.05, 4.69) is 250 Å². The van der Waals surface area contributed by atoms with Gasteiger partial charge in [0.15, 0.2) is 0 Å². The standard InChI is InChI=1S/C58H80N2S6.C32H38Br2N2S4.C24H36S2.6CH3.BH2OP.2Sn/c1-7-11-15-19-23-27-31-43-36-51(62-42(43)6)52-37-45(33-29-25-21-17-13-9-3)54(63-52)53-38-46(34-30-26-22-18-14-10-4)56(64-53)58-60-48-40-49-47(39-50(48)66-58)59-57(65-49)55-44(35-41(5)61-55)32-28-24-20-16-12-8-2;1-3-5-7-9-11-13-15-21-17-27(33)39-29(21)31-35-23-19-26-24(20-25(23)37-31)36-32(38-26)30-22(18-28(34)40-30)16-14-12-10-8-6-4-2;1-3-5-7-9-11-13-15-21-17-23(25-19-21)24-18-22(20-26-24)16-14-12-10-8-6-4-2;;;;;;;1-3-2;;/h35-40H,7-34H2,1-6H3;17-20H,3-16H2,1-2H3;17-18H,3-16H2,1-2H3;6*1H3;2-3H;;/i;;;;;;;;;2T,3T;;. The van der Waals surface area contributed by atoms with E-state index in [0.29, 0.717) is 0 Å². The maximum absolute atomic E-state index is 6.26. The number of unbranched alkanes of at least 4 members (excludes halogenated alkanes) is 40. The zero-order valence-corrected chi connectivity index (χ0v) is 110. The second kappa shape index (κ2) is 66.1. The predicted molar refractivity (Wildman–Crippen MR) is 677 cm³/mol. The van der Waals surface area contributed by atoms with Crippen molar-refractivity contribution in [3.8, 4) is 68.8 Å². The summed E-state index contributed by atoms with van der Waals surface area (Å²) in [6.07, 6.45) is 74.4. The summed E-state index contributed by atoms with van der Waals surface area (Å²) in [7, 11) is 2.93. The van der Waals surface area contributed by atoms with Gasteiger partial charge >= 0.3 is 232 Å². The van der Waals surface area contributed by atoms with Crippen molar-refractivity contribution in [2.75, 3.05) is 0 Å². The molecule has 2 aromatic carbocycles. The molecule has 143 heavy (non-hydrogen) atoms. The minimum Gasteiger partial charge on any atom is -0.388 e. The van der Waals surface area contributed by atoms with Gasteiger partial charge in [0.05, 0.1) is 69.2 Å². The molecule has 2 radical (unpaired) electrons. The normalized spacial score (nSPS) is 12.4. The third kappa shape index (κ3) is 39.2. The van der Waals surface area contributed by atoms with Gasteiger partial charge < -0.3 is 4.90 Å². The van der Waals surface area contributed by atoms with Crippen LogP contribution in [0.25, 0.3) is 110 Å². The van der Waals surface area contributed by atoms with E-state index in [-0.39, 0.29) is 0 Å². The van der Waals surface area contributed by atoms with Crippen molar-refractivity contribution in [2.45, 2.75) is 458 Å². The average Bonchev–Trinajstić information content (AvgIpc) is 1.62. The summed E-state index contributed by atoms with van der Waals surface area (Å²) in [6, 6.07) is 29.3. The van der Waals surface area contributed by atoms with Crippen molar-refractivity contribution in [3.63, 3.8) is 0 Å². The van der Waals surface area contributed by atoms with E-state index in [1.54, 1.807) is 32.0 Å². The third-order valence-corrected chi connectivity index (χ3v) is 62.5. The summed E-state index contributed by atoms with van der Waals surface area (Å²) in [5.74, 6) is 0. The van der Waals surface area contributed by atoms with Crippen LogP contribution in [0.1, 0.15) is 418 Å². The van der Waals surface area contributed by atoms with Gasteiger partial charge in [-0.05, 0) is 225 Å². The Kier molecular flexibility index (Phi) is 54.9. The molecule has 14 aromatic rings. The molecule has 12 heterocycles. The zero-order chi connectivity index (χ0) is 103. The van der Waals surface area contributed by atoms with Crippen LogP contribution < -0.4 is 5.79 Å². The molecular weight excluding hydrogens is 2340 g/mol. The minimum atomic E-state index is -2.11. The van der Waals surface area contributed by atoms with Gasteiger partial charge in [-0.2, -0.15) is 0 Å². The van der Waals surface area contributed by atoms with E-state index in [1.807, 2.05) is 108 Å². The van der Waals surface area contributed by atoms with Crippen molar-refractivity contribution >= 4 is 268 Å². The molecule has 0 saturated heterocycles. The summed E-state index contributed by atoms with van der Waals surface area (Å²) in [6.45, 7) is 23.1. The van der Waals surface area contributed by atoms with Gasteiger partial charge in [0.25, 0.3) is 0 Å². The van der Waals surface area contributed by atoms with Gasteiger partial charge in [0.2, 0.25) is 1.43 Å². The van der Waals surface area contributed by atoms with E-state index in [9.17, 15) is 0 Å². The van der Waals surface area contributed by atoms with E-state index in [0.717, 1.165) is 57.8 Å². The van der Waals surface area contributed by atoms with Crippen molar-refractivity contribution < 1.29 is 4.90 Å². The first-order valence-corrected chi connectivity index (χ1v) is 88.4. The fraction of sp³-hybridized carbons (Fsp3) is 0.600. The van der Waals surface area contributed by atoms with Crippen LogP contribution in [0.4, 0.5) is 0 Å². The number of thiazole rings is 4. The van der Waals surface area contributed by atoms with Gasteiger partial charge in [0, 0.05) is 29.3 Å². The maximum atomic E-state index is 6.26. The molecule has 0 spiro atoms. The Morgan fingerprint density at radius 2 is 0.490 bits per heavy atom. The molecule has 782 valence electrons. The molecule has 0 bridgehead atoms. The number of hydrogen-bond donors (Lipinski definition) is 1. The van der Waals surface area contributed by atoms with Crippen LogP contribution >= 0.6 is 177 Å². The van der Waals surface area contributed by atoms with Crippen molar-refractivity contribution in [1.29, 1.82) is 2.71 Å². The molecule has 0 aliphatic heterocycles. The molecule has 23 heteroatoms. The van der Waals surface area contributed by atoms with Gasteiger partial charge in [-0.15, -0.1) is 113 Å². The molecule has 1 atom stereocenters. The fourth-order valence-electron chi connectivity index (χ4n) is 19.8. The van der Waals surface area contributed by atoms with Crippen LogP contribution in [0, 0.1) is 13.8 Å². The molecule has 0 amide bonds. The molecule has 12 aromatic heterocycles. The third-order valence-electron chi connectivity index (χ3n) is 27.8. The summed E-state index contributed by atoms with van der Waals surface area (Å²) in [5.41, 5.74) is 16.9. The first-order valence-electron chi connectivity index (χ1n) is 57.0. The number of rotatable bonds is 66. The Morgan fingerprint density at radius 3 is 0.797 bits per heavy atom. The van der Waals surface area contributed by atoms with Crippen LogP contribution in [0.2, 0.25) is 29.6 Å². The van der Waals surface area contributed by atoms with Crippen LogP contribution in [0.15, 0.2) is 80.4 Å². The molecule has 0 aliphatic carbocycles. The quantitative estimate of drug-likeness (QED) is 0.0234. The van der Waals surface area contributed by atoms with Crippen molar-refractivity contribution in [3.05, 3.63) is 135 Å². The summed E-state index contributed by atoms with van der Waals surface area (Å²) >= 11 is 26.7. The van der Waals surface area contributed by atoms with E-state index in [1.165, 1.54) is 441 Å². The smallest absolute Gasteiger partial charge is 0.214 e. The average molecular weight is 2520 g/mol.